The molecule has 1 heterocycles. The van der Waals surface area contributed by atoms with Crippen LogP contribution in [0.3, 0.4) is 0 Å². The van der Waals surface area contributed by atoms with Crippen molar-refractivity contribution >= 4 is 28.7 Å². The SMILES string of the molecule is CCCOCCOC1CN(C(=O)OC(C)(C)C)CC1I. The summed E-state index contributed by atoms with van der Waals surface area (Å²) in [5.74, 6) is 0. The molecule has 2 unspecified atom stereocenters. The number of halogens is 1. The summed E-state index contributed by atoms with van der Waals surface area (Å²) in [6, 6.07) is 0. The first-order chi connectivity index (χ1) is 9.33. The van der Waals surface area contributed by atoms with Crippen LogP contribution in [0, 0.1) is 0 Å². The van der Waals surface area contributed by atoms with E-state index in [0.29, 0.717) is 30.2 Å². The fourth-order valence-electron chi connectivity index (χ4n) is 1.87. The molecule has 1 fully saturated rings. The van der Waals surface area contributed by atoms with Gasteiger partial charge >= 0.3 is 6.09 Å². The van der Waals surface area contributed by atoms with Gasteiger partial charge in [-0.2, -0.15) is 0 Å². The molecule has 1 saturated heterocycles. The number of rotatable bonds is 6. The van der Waals surface area contributed by atoms with E-state index in [2.05, 4.69) is 29.5 Å². The average Bonchev–Trinajstić information content (AvgIpc) is 2.69. The van der Waals surface area contributed by atoms with Crippen LogP contribution in [-0.4, -0.2) is 59.5 Å². The Balaban J connectivity index is 2.30. The number of amides is 1. The molecule has 0 bridgehead atoms. The Kier molecular flexibility index (Phi) is 7.53. The summed E-state index contributed by atoms with van der Waals surface area (Å²) in [6.07, 6.45) is 0.825. The summed E-state index contributed by atoms with van der Waals surface area (Å²) in [4.78, 5) is 13.7. The number of carbonyl (C=O) groups is 1. The maximum Gasteiger partial charge on any atom is 0.410 e. The predicted octanol–water partition coefficient (Wildman–Crippen LogP) is 2.85. The highest BCUT2D eigenvalue weighted by atomic mass is 127. The van der Waals surface area contributed by atoms with Gasteiger partial charge in [-0.05, 0) is 27.2 Å². The van der Waals surface area contributed by atoms with Crippen LogP contribution in [0.2, 0.25) is 0 Å². The van der Waals surface area contributed by atoms with Gasteiger partial charge in [0.2, 0.25) is 0 Å². The van der Waals surface area contributed by atoms with Crippen molar-refractivity contribution in [1.82, 2.24) is 4.90 Å². The van der Waals surface area contributed by atoms with Crippen LogP contribution in [-0.2, 0) is 14.2 Å². The van der Waals surface area contributed by atoms with E-state index >= 15 is 0 Å². The molecular weight excluding hydrogens is 373 g/mol. The fourth-order valence-corrected chi connectivity index (χ4v) is 2.78. The van der Waals surface area contributed by atoms with Crippen LogP contribution in [0.5, 0.6) is 0 Å². The van der Waals surface area contributed by atoms with E-state index in [-0.39, 0.29) is 12.2 Å². The van der Waals surface area contributed by atoms with Crippen LogP contribution in [0.25, 0.3) is 0 Å². The van der Waals surface area contributed by atoms with E-state index in [0.717, 1.165) is 13.0 Å². The maximum atomic E-state index is 12.0. The highest BCUT2D eigenvalue weighted by Crippen LogP contribution is 2.23. The number of ether oxygens (including phenoxy) is 3. The summed E-state index contributed by atoms with van der Waals surface area (Å²) >= 11 is 2.33. The lowest BCUT2D eigenvalue weighted by atomic mass is 10.2. The molecule has 0 spiro atoms. The van der Waals surface area contributed by atoms with Crippen molar-refractivity contribution in [1.29, 1.82) is 0 Å². The number of likely N-dealkylation sites (tertiary alicyclic amines) is 1. The molecule has 5 nitrogen and oxygen atoms in total. The molecule has 1 aliphatic rings. The smallest absolute Gasteiger partial charge is 0.410 e. The molecule has 1 aliphatic heterocycles. The highest BCUT2D eigenvalue weighted by molar-refractivity contribution is 14.1. The van der Waals surface area contributed by atoms with Crippen molar-refractivity contribution in [2.24, 2.45) is 0 Å². The Morgan fingerprint density at radius 3 is 2.55 bits per heavy atom. The van der Waals surface area contributed by atoms with Gasteiger partial charge in [-0.25, -0.2) is 4.79 Å². The summed E-state index contributed by atoms with van der Waals surface area (Å²) in [5, 5.41) is 0. The molecule has 20 heavy (non-hydrogen) atoms. The van der Waals surface area contributed by atoms with Gasteiger partial charge in [-0.1, -0.05) is 29.5 Å². The number of alkyl halides is 1. The standard InChI is InChI=1S/C14H26INO4/c1-5-6-18-7-8-19-12-10-16(9-11(12)15)13(17)20-14(2,3)4/h11-12H,5-10H2,1-4H3. The van der Waals surface area contributed by atoms with Crippen molar-refractivity contribution < 1.29 is 19.0 Å². The lowest BCUT2D eigenvalue weighted by molar-refractivity contribution is 0.00464. The largest absolute Gasteiger partial charge is 0.444 e. The summed E-state index contributed by atoms with van der Waals surface area (Å²) in [7, 11) is 0. The first-order valence-corrected chi connectivity index (χ1v) is 8.39. The van der Waals surface area contributed by atoms with Gasteiger partial charge in [0.15, 0.2) is 0 Å². The lowest BCUT2D eigenvalue weighted by Gasteiger charge is -2.24. The molecule has 0 aromatic heterocycles. The molecule has 2 atom stereocenters. The minimum Gasteiger partial charge on any atom is -0.444 e. The van der Waals surface area contributed by atoms with Crippen molar-refractivity contribution in [2.75, 3.05) is 32.9 Å². The Hall–Kier alpha value is -0.0800. The topological polar surface area (TPSA) is 48.0 Å². The monoisotopic (exact) mass is 399 g/mol. The van der Waals surface area contributed by atoms with E-state index in [1.807, 2.05) is 20.8 Å². The Morgan fingerprint density at radius 1 is 1.25 bits per heavy atom. The van der Waals surface area contributed by atoms with Gasteiger partial charge in [0.05, 0.1) is 29.8 Å². The zero-order valence-corrected chi connectivity index (χ0v) is 15.0. The Bertz CT molecular complexity index is 306. The minimum absolute atomic E-state index is 0.0633. The van der Waals surface area contributed by atoms with Crippen LogP contribution >= 0.6 is 22.6 Å². The number of hydrogen-bond acceptors (Lipinski definition) is 4. The second-order valence-electron chi connectivity index (χ2n) is 5.92. The summed E-state index contributed by atoms with van der Waals surface area (Å²) in [6.45, 7) is 10.9. The highest BCUT2D eigenvalue weighted by Gasteiger charge is 2.36. The van der Waals surface area contributed by atoms with Crippen LogP contribution < -0.4 is 0 Å². The first kappa shape index (κ1) is 18.0. The number of hydrogen-bond donors (Lipinski definition) is 0. The molecule has 0 aromatic carbocycles. The van der Waals surface area contributed by atoms with Crippen molar-refractivity contribution in [3.8, 4) is 0 Å². The van der Waals surface area contributed by atoms with Gasteiger partial charge in [0, 0.05) is 13.2 Å². The fraction of sp³-hybridized carbons (Fsp3) is 0.929. The third kappa shape index (κ3) is 6.58. The molecule has 0 aromatic rings. The van der Waals surface area contributed by atoms with Gasteiger partial charge in [0.25, 0.3) is 0 Å². The molecule has 0 saturated carbocycles. The van der Waals surface area contributed by atoms with Gasteiger partial charge in [-0.3, -0.25) is 0 Å². The third-order valence-corrected chi connectivity index (χ3v) is 3.95. The quantitative estimate of drug-likeness (QED) is 0.392. The molecule has 0 N–H and O–H groups in total. The summed E-state index contributed by atoms with van der Waals surface area (Å²) < 4.78 is 16.9. The Morgan fingerprint density at radius 2 is 1.95 bits per heavy atom. The van der Waals surface area contributed by atoms with Crippen LogP contribution in [0.15, 0.2) is 0 Å². The van der Waals surface area contributed by atoms with E-state index in [4.69, 9.17) is 14.2 Å². The molecular formula is C14H26INO4. The number of carbonyl (C=O) groups excluding carboxylic acids is 1. The Labute approximate surface area is 135 Å². The average molecular weight is 399 g/mol. The van der Waals surface area contributed by atoms with Crippen molar-refractivity contribution in [2.45, 2.75) is 49.7 Å². The molecule has 0 aliphatic carbocycles. The van der Waals surface area contributed by atoms with E-state index in [1.54, 1.807) is 4.90 Å². The normalized spacial score (nSPS) is 23.1. The second-order valence-corrected chi connectivity index (χ2v) is 7.52. The van der Waals surface area contributed by atoms with Crippen molar-refractivity contribution in [3.05, 3.63) is 0 Å². The van der Waals surface area contributed by atoms with Gasteiger partial charge < -0.3 is 19.1 Å². The zero-order valence-electron chi connectivity index (χ0n) is 12.9. The van der Waals surface area contributed by atoms with Gasteiger partial charge in [0.1, 0.15) is 5.60 Å². The minimum atomic E-state index is -0.454. The van der Waals surface area contributed by atoms with Gasteiger partial charge in [-0.15, -0.1) is 0 Å². The van der Waals surface area contributed by atoms with Crippen LogP contribution in [0.4, 0.5) is 4.79 Å². The van der Waals surface area contributed by atoms with E-state index in [1.165, 1.54) is 0 Å². The molecule has 1 rings (SSSR count). The zero-order chi connectivity index (χ0) is 15.2. The molecule has 6 heteroatoms. The molecule has 0 radical (unpaired) electrons. The van der Waals surface area contributed by atoms with E-state index in [9.17, 15) is 4.79 Å². The number of nitrogens with zero attached hydrogens (tertiary/aromatic N) is 1. The lowest BCUT2D eigenvalue weighted by Crippen LogP contribution is -2.36. The first-order valence-electron chi connectivity index (χ1n) is 7.15. The molecule has 1 amide bonds. The van der Waals surface area contributed by atoms with E-state index < -0.39 is 5.60 Å². The van der Waals surface area contributed by atoms with Crippen molar-refractivity contribution in [3.63, 3.8) is 0 Å². The van der Waals surface area contributed by atoms with Crippen LogP contribution in [0.1, 0.15) is 34.1 Å². The third-order valence-electron chi connectivity index (χ3n) is 2.76. The maximum absolute atomic E-state index is 12.0. The summed E-state index contributed by atoms with van der Waals surface area (Å²) in [5.41, 5.74) is -0.454. The second kappa shape index (κ2) is 8.38. The molecule has 118 valence electrons. The predicted molar refractivity (Wildman–Crippen MR) is 86.5 cm³/mol.